The fraction of sp³-hybridized carbons (Fsp3) is 1.00. The monoisotopic (exact) mass is 144 g/mol. The van der Waals surface area contributed by atoms with Crippen LogP contribution >= 0.6 is 0 Å². The van der Waals surface area contributed by atoms with Crippen LogP contribution < -0.4 is 0 Å². The summed E-state index contributed by atoms with van der Waals surface area (Å²) in [4.78, 5) is 0. The van der Waals surface area contributed by atoms with Gasteiger partial charge in [-0.05, 0) is 12.8 Å². The third-order valence-corrected chi connectivity index (χ3v) is 2.25. The number of hydrogen-bond donors (Lipinski definition) is 0. The summed E-state index contributed by atoms with van der Waals surface area (Å²) < 4.78 is 10.3. The Morgan fingerprint density at radius 3 is 2.00 bits per heavy atom. The van der Waals surface area contributed by atoms with Crippen LogP contribution in [0.4, 0.5) is 0 Å². The first-order chi connectivity index (χ1) is 4.88. The Morgan fingerprint density at radius 1 is 1.10 bits per heavy atom. The molecule has 1 aliphatic rings. The van der Waals surface area contributed by atoms with Crippen LogP contribution in [-0.4, -0.2) is 20.5 Å². The minimum atomic E-state index is 0.0440. The molecular formula is C8H16O2. The lowest BCUT2D eigenvalue weighted by molar-refractivity contribution is -0.135. The first-order valence-corrected chi connectivity index (χ1v) is 3.94. The van der Waals surface area contributed by atoms with Crippen LogP contribution in [0, 0.1) is 5.92 Å². The maximum absolute atomic E-state index is 5.16. The molecule has 2 heteroatoms. The maximum Gasteiger partial charge on any atom is 0.159 e. The molecule has 0 amide bonds. The minimum Gasteiger partial charge on any atom is -0.356 e. The normalized spacial score (nSPS) is 20.7. The molecule has 0 radical (unpaired) electrons. The van der Waals surface area contributed by atoms with Gasteiger partial charge in [-0.2, -0.15) is 0 Å². The molecule has 0 aromatic heterocycles. The smallest absolute Gasteiger partial charge is 0.159 e. The van der Waals surface area contributed by atoms with E-state index in [9.17, 15) is 0 Å². The SMILES string of the molecule is COC(OC)C1CCCC1. The topological polar surface area (TPSA) is 18.5 Å². The van der Waals surface area contributed by atoms with E-state index in [0.29, 0.717) is 5.92 Å². The third kappa shape index (κ3) is 1.70. The van der Waals surface area contributed by atoms with E-state index >= 15 is 0 Å². The molecule has 60 valence electrons. The zero-order chi connectivity index (χ0) is 7.40. The van der Waals surface area contributed by atoms with Crippen LogP contribution in [0.25, 0.3) is 0 Å². The third-order valence-electron chi connectivity index (χ3n) is 2.25. The number of ether oxygens (including phenoxy) is 2. The molecule has 2 nitrogen and oxygen atoms in total. The van der Waals surface area contributed by atoms with E-state index in [4.69, 9.17) is 9.47 Å². The lowest BCUT2D eigenvalue weighted by Crippen LogP contribution is -2.22. The maximum atomic E-state index is 5.16. The summed E-state index contributed by atoms with van der Waals surface area (Å²) in [6.07, 6.45) is 5.27. The van der Waals surface area contributed by atoms with Gasteiger partial charge in [0.05, 0.1) is 0 Å². The first kappa shape index (κ1) is 8.02. The van der Waals surface area contributed by atoms with Gasteiger partial charge < -0.3 is 9.47 Å². The van der Waals surface area contributed by atoms with Crippen molar-refractivity contribution in [2.24, 2.45) is 5.92 Å². The summed E-state index contributed by atoms with van der Waals surface area (Å²) in [6, 6.07) is 0. The molecule has 1 saturated carbocycles. The van der Waals surface area contributed by atoms with Crippen LogP contribution in [0.3, 0.4) is 0 Å². The van der Waals surface area contributed by atoms with Crippen LogP contribution in [0.1, 0.15) is 25.7 Å². The Labute approximate surface area is 62.5 Å². The summed E-state index contributed by atoms with van der Waals surface area (Å²) in [5.74, 6) is 0.648. The van der Waals surface area contributed by atoms with Gasteiger partial charge in [-0.15, -0.1) is 0 Å². The molecule has 0 N–H and O–H groups in total. The van der Waals surface area contributed by atoms with Gasteiger partial charge >= 0.3 is 0 Å². The van der Waals surface area contributed by atoms with Crippen molar-refractivity contribution in [2.45, 2.75) is 32.0 Å². The van der Waals surface area contributed by atoms with Crippen molar-refractivity contribution < 1.29 is 9.47 Å². The van der Waals surface area contributed by atoms with E-state index in [-0.39, 0.29) is 6.29 Å². The molecule has 0 aromatic rings. The van der Waals surface area contributed by atoms with Gasteiger partial charge in [-0.3, -0.25) is 0 Å². The van der Waals surface area contributed by atoms with Crippen molar-refractivity contribution >= 4 is 0 Å². The van der Waals surface area contributed by atoms with Crippen molar-refractivity contribution in [3.05, 3.63) is 0 Å². The number of methoxy groups -OCH3 is 2. The van der Waals surface area contributed by atoms with Crippen molar-refractivity contribution in [2.75, 3.05) is 14.2 Å². The molecular weight excluding hydrogens is 128 g/mol. The number of hydrogen-bond acceptors (Lipinski definition) is 2. The van der Waals surface area contributed by atoms with Crippen molar-refractivity contribution in [3.8, 4) is 0 Å². The molecule has 0 aliphatic heterocycles. The minimum absolute atomic E-state index is 0.0440. The van der Waals surface area contributed by atoms with Crippen molar-refractivity contribution in [1.82, 2.24) is 0 Å². The fourth-order valence-electron chi connectivity index (χ4n) is 1.71. The van der Waals surface area contributed by atoms with Gasteiger partial charge in [0.1, 0.15) is 0 Å². The van der Waals surface area contributed by atoms with E-state index in [1.165, 1.54) is 25.7 Å². The number of rotatable bonds is 3. The predicted molar refractivity (Wildman–Crippen MR) is 39.8 cm³/mol. The molecule has 0 atom stereocenters. The van der Waals surface area contributed by atoms with Crippen LogP contribution in [0.15, 0.2) is 0 Å². The van der Waals surface area contributed by atoms with Crippen molar-refractivity contribution in [1.29, 1.82) is 0 Å². The summed E-state index contributed by atoms with van der Waals surface area (Å²) >= 11 is 0. The van der Waals surface area contributed by atoms with Gasteiger partial charge in [0, 0.05) is 20.1 Å². The Morgan fingerprint density at radius 2 is 1.60 bits per heavy atom. The first-order valence-electron chi connectivity index (χ1n) is 3.94. The predicted octanol–water partition coefficient (Wildman–Crippen LogP) is 1.80. The van der Waals surface area contributed by atoms with Gasteiger partial charge in [0.15, 0.2) is 6.29 Å². The lowest BCUT2D eigenvalue weighted by atomic mass is 10.1. The highest BCUT2D eigenvalue weighted by Crippen LogP contribution is 2.28. The van der Waals surface area contributed by atoms with Crippen molar-refractivity contribution in [3.63, 3.8) is 0 Å². The molecule has 0 bridgehead atoms. The van der Waals surface area contributed by atoms with E-state index in [1.54, 1.807) is 14.2 Å². The molecule has 0 unspecified atom stereocenters. The van der Waals surface area contributed by atoms with Gasteiger partial charge in [0.25, 0.3) is 0 Å². The van der Waals surface area contributed by atoms with E-state index in [2.05, 4.69) is 0 Å². The molecule has 0 heterocycles. The average molecular weight is 144 g/mol. The van der Waals surface area contributed by atoms with Crippen LogP contribution in [0.2, 0.25) is 0 Å². The highest BCUT2D eigenvalue weighted by atomic mass is 16.7. The summed E-state index contributed by atoms with van der Waals surface area (Å²) in [7, 11) is 3.43. The molecule has 1 aliphatic carbocycles. The Bertz CT molecular complexity index is 83.3. The molecule has 0 saturated heterocycles. The quantitative estimate of drug-likeness (QED) is 0.562. The summed E-state index contributed by atoms with van der Waals surface area (Å²) in [6.45, 7) is 0. The zero-order valence-corrected chi connectivity index (χ0v) is 6.80. The largest absolute Gasteiger partial charge is 0.356 e. The van der Waals surface area contributed by atoms with Gasteiger partial charge in [-0.1, -0.05) is 12.8 Å². The Balaban J connectivity index is 2.29. The molecule has 1 rings (SSSR count). The van der Waals surface area contributed by atoms with E-state index in [1.807, 2.05) is 0 Å². The molecule has 1 fully saturated rings. The van der Waals surface area contributed by atoms with E-state index < -0.39 is 0 Å². The highest BCUT2D eigenvalue weighted by molar-refractivity contribution is 4.69. The molecule has 10 heavy (non-hydrogen) atoms. The second-order valence-corrected chi connectivity index (χ2v) is 2.88. The molecule has 0 aromatic carbocycles. The van der Waals surface area contributed by atoms with E-state index in [0.717, 1.165) is 0 Å². The summed E-state index contributed by atoms with van der Waals surface area (Å²) in [5.41, 5.74) is 0. The fourth-order valence-corrected chi connectivity index (χ4v) is 1.71. The Hall–Kier alpha value is -0.0800. The highest BCUT2D eigenvalue weighted by Gasteiger charge is 2.24. The Kier molecular flexibility index (Phi) is 3.16. The second-order valence-electron chi connectivity index (χ2n) is 2.88. The average Bonchev–Trinajstić information content (AvgIpc) is 2.43. The lowest BCUT2D eigenvalue weighted by Gasteiger charge is -2.19. The molecule has 0 spiro atoms. The second kappa shape index (κ2) is 3.94. The van der Waals surface area contributed by atoms with Gasteiger partial charge in [0.2, 0.25) is 0 Å². The van der Waals surface area contributed by atoms with Gasteiger partial charge in [-0.25, -0.2) is 0 Å². The zero-order valence-electron chi connectivity index (χ0n) is 6.80. The van der Waals surface area contributed by atoms with Crippen LogP contribution in [0.5, 0.6) is 0 Å². The standard InChI is InChI=1S/C8H16O2/c1-9-8(10-2)7-5-3-4-6-7/h7-8H,3-6H2,1-2H3. The summed E-state index contributed by atoms with van der Waals surface area (Å²) in [5, 5.41) is 0. The van der Waals surface area contributed by atoms with Crippen LogP contribution in [-0.2, 0) is 9.47 Å².